The van der Waals surface area contributed by atoms with E-state index in [-0.39, 0.29) is 0 Å². The van der Waals surface area contributed by atoms with Crippen molar-refractivity contribution < 1.29 is 0 Å². The van der Waals surface area contributed by atoms with Gasteiger partial charge in [-0.3, -0.25) is 9.98 Å². The lowest BCUT2D eigenvalue weighted by Crippen LogP contribution is -1.96. The Labute approximate surface area is 135 Å². The third-order valence-corrected chi connectivity index (χ3v) is 3.38. The Morgan fingerprint density at radius 2 is 1.91 bits per heavy atom. The molecule has 0 spiro atoms. The van der Waals surface area contributed by atoms with Gasteiger partial charge in [0.25, 0.3) is 0 Å². The van der Waals surface area contributed by atoms with Gasteiger partial charge in [-0.25, -0.2) is 4.98 Å². The van der Waals surface area contributed by atoms with Crippen molar-refractivity contribution in [1.82, 2.24) is 9.97 Å². The predicted octanol–water partition coefficient (Wildman–Crippen LogP) is 4.60. The summed E-state index contributed by atoms with van der Waals surface area (Å²) in [5.74, 6) is 0. The second kappa shape index (κ2) is 6.66. The molecular weight excluding hydrogens is 284 g/mol. The normalized spacial score (nSPS) is 11.2. The fourth-order valence-corrected chi connectivity index (χ4v) is 2.33. The first-order valence-electron chi connectivity index (χ1n) is 7.18. The summed E-state index contributed by atoms with van der Waals surface area (Å²) < 4.78 is 0. The fraction of sp³-hybridized carbons (Fsp3) is 0. The molecule has 3 aromatic rings. The van der Waals surface area contributed by atoms with E-state index in [2.05, 4.69) is 33.6 Å². The van der Waals surface area contributed by atoms with Gasteiger partial charge in [0, 0.05) is 23.5 Å². The number of pyridine rings is 2. The monoisotopic (exact) mass is 300 g/mol. The van der Waals surface area contributed by atoms with Gasteiger partial charge in [0.05, 0.1) is 22.6 Å². The quantitative estimate of drug-likeness (QED) is 0.553. The maximum Gasteiger partial charge on any atom is 0.0914 e. The van der Waals surface area contributed by atoms with E-state index in [1.807, 2.05) is 42.5 Å². The van der Waals surface area contributed by atoms with Gasteiger partial charge in [0.1, 0.15) is 0 Å². The Hall–Kier alpha value is -3.27. The number of hydrogen-bond donors (Lipinski definition) is 1. The lowest BCUT2D eigenvalue weighted by atomic mass is 10.1. The van der Waals surface area contributed by atoms with Gasteiger partial charge in [-0.1, -0.05) is 30.9 Å². The molecule has 112 valence electrons. The average molecular weight is 300 g/mol. The molecule has 0 fully saturated rings. The van der Waals surface area contributed by atoms with Gasteiger partial charge >= 0.3 is 0 Å². The van der Waals surface area contributed by atoms with Gasteiger partial charge in [-0.15, -0.1) is 0 Å². The zero-order valence-electron chi connectivity index (χ0n) is 12.6. The molecule has 2 aromatic heterocycles. The molecule has 1 aromatic carbocycles. The highest BCUT2D eigenvalue weighted by Crippen LogP contribution is 2.28. The Bertz CT molecular complexity index is 882. The van der Waals surface area contributed by atoms with Crippen LogP contribution in [-0.4, -0.2) is 16.7 Å². The summed E-state index contributed by atoms with van der Waals surface area (Å²) in [5.41, 5.74) is 4.23. The van der Waals surface area contributed by atoms with Crippen molar-refractivity contribution in [3.05, 3.63) is 79.3 Å². The first-order chi connectivity index (χ1) is 11.3. The third-order valence-electron chi connectivity index (χ3n) is 3.38. The van der Waals surface area contributed by atoms with E-state index >= 15 is 0 Å². The molecule has 1 N–H and O–H groups in total. The van der Waals surface area contributed by atoms with Crippen molar-refractivity contribution in [3.63, 3.8) is 0 Å². The molecule has 0 aliphatic heterocycles. The molecule has 0 saturated heterocycles. The molecule has 0 amide bonds. The number of nitrogens with one attached hydrogen (secondary N) is 1. The fourth-order valence-electron chi connectivity index (χ4n) is 2.33. The summed E-state index contributed by atoms with van der Waals surface area (Å²) in [6.45, 7) is 7.33. The Kier molecular flexibility index (Phi) is 4.25. The van der Waals surface area contributed by atoms with Crippen molar-refractivity contribution >= 4 is 34.7 Å². The average Bonchev–Trinajstić information content (AvgIpc) is 2.60. The summed E-state index contributed by atoms with van der Waals surface area (Å²) in [4.78, 5) is 12.7. The third kappa shape index (κ3) is 3.16. The van der Waals surface area contributed by atoms with Crippen LogP contribution >= 0.6 is 0 Å². The molecule has 0 aliphatic carbocycles. The molecule has 4 nitrogen and oxygen atoms in total. The topological polar surface area (TPSA) is 50.2 Å². The molecule has 23 heavy (non-hydrogen) atoms. The highest BCUT2D eigenvalue weighted by molar-refractivity contribution is 5.94. The Morgan fingerprint density at radius 3 is 2.65 bits per heavy atom. The summed E-state index contributed by atoms with van der Waals surface area (Å²) in [6.07, 6.45) is 6.97. The van der Waals surface area contributed by atoms with Gasteiger partial charge < -0.3 is 5.32 Å². The van der Waals surface area contributed by atoms with E-state index in [0.717, 1.165) is 28.0 Å². The second-order valence-corrected chi connectivity index (χ2v) is 4.88. The van der Waals surface area contributed by atoms with Gasteiger partial charge in [0.15, 0.2) is 0 Å². The zero-order valence-corrected chi connectivity index (χ0v) is 12.6. The number of allylic oxidation sites excluding steroid dienone is 2. The zero-order chi connectivity index (χ0) is 16.1. The predicted molar refractivity (Wildman–Crippen MR) is 97.0 cm³/mol. The van der Waals surface area contributed by atoms with Crippen LogP contribution in [0.1, 0.15) is 5.69 Å². The highest BCUT2D eigenvalue weighted by Gasteiger charge is 2.08. The lowest BCUT2D eigenvalue weighted by Gasteiger charge is -2.12. The van der Waals surface area contributed by atoms with Crippen LogP contribution in [0.2, 0.25) is 0 Å². The lowest BCUT2D eigenvalue weighted by molar-refractivity contribution is 1.31. The smallest absolute Gasteiger partial charge is 0.0914 e. The maximum atomic E-state index is 4.67. The highest BCUT2D eigenvalue weighted by atomic mass is 14.9. The van der Waals surface area contributed by atoms with Gasteiger partial charge in [-0.2, -0.15) is 0 Å². The number of aromatic nitrogens is 2. The van der Waals surface area contributed by atoms with Crippen molar-refractivity contribution in [2.24, 2.45) is 4.99 Å². The molecule has 0 radical (unpaired) electrons. The molecular formula is C19H16N4. The summed E-state index contributed by atoms with van der Waals surface area (Å²) in [5, 5.41) is 4.45. The number of fused-ring (bicyclic) bond motifs is 1. The van der Waals surface area contributed by atoms with Crippen molar-refractivity contribution in [3.8, 4) is 0 Å². The molecule has 0 atom stereocenters. The minimum atomic E-state index is 0.684. The summed E-state index contributed by atoms with van der Waals surface area (Å²) in [7, 11) is 0. The van der Waals surface area contributed by atoms with E-state index in [0.29, 0.717) is 5.70 Å². The molecule has 4 heteroatoms. The van der Waals surface area contributed by atoms with E-state index in [9.17, 15) is 0 Å². The van der Waals surface area contributed by atoms with Gasteiger partial charge in [-0.05, 0) is 37.1 Å². The molecule has 0 saturated carbocycles. The molecule has 2 heterocycles. The van der Waals surface area contributed by atoms with E-state index in [1.54, 1.807) is 24.5 Å². The summed E-state index contributed by atoms with van der Waals surface area (Å²) in [6, 6.07) is 13.8. The molecule has 3 rings (SSSR count). The van der Waals surface area contributed by atoms with Crippen molar-refractivity contribution in [2.45, 2.75) is 0 Å². The van der Waals surface area contributed by atoms with E-state index in [1.165, 1.54) is 0 Å². The largest absolute Gasteiger partial charge is 0.355 e. The number of nitrogens with zero attached hydrogens (tertiary/aromatic N) is 3. The number of rotatable bonds is 5. The minimum Gasteiger partial charge on any atom is -0.355 e. The van der Waals surface area contributed by atoms with Crippen LogP contribution in [-0.2, 0) is 0 Å². The summed E-state index contributed by atoms with van der Waals surface area (Å²) >= 11 is 0. The van der Waals surface area contributed by atoms with Crippen LogP contribution in [0.4, 0.5) is 11.4 Å². The Morgan fingerprint density at radius 1 is 1.13 bits per heavy atom. The van der Waals surface area contributed by atoms with Crippen molar-refractivity contribution in [1.29, 1.82) is 0 Å². The van der Waals surface area contributed by atoms with Crippen LogP contribution in [0.15, 0.2) is 78.6 Å². The number of anilines is 2. The second-order valence-electron chi connectivity index (χ2n) is 4.88. The van der Waals surface area contributed by atoms with E-state index in [4.69, 9.17) is 0 Å². The number of benzene rings is 1. The number of aliphatic imine (C=N–C) groups is 1. The van der Waals surface area contributed by atoms with Crippen LogP contribution < -0.4 is 5.32 Å². The first-order valence-corrected chi connectivity index (χ1v) is 7.18. The van der Waals surface area contributed by atoms with Crippen LogP contribution in [0.3, 0.4) is 0 Å². The molecule has 0 unspecified atom stereocenters. The van der Waals surface area contributed by atoms with Crippen LogP contribution in [0.5, 0.6) is 0 Å². The Balaban J connectivity index is 2.16. The van der Waals surface area contributed by atoms with Gasteiger partial charge in [0.2, 0.25) is 0 Å². The maximum absolute atomic E-state index is 4.67. The minimum absolute atomic E-state index is 0.684. The number of hydrogen-bond acceptors (Lipinski definition) is 4. The molecule has 0 bridgehead atoms. The number of para-hydroxylation sites is 1. The van der Waals surface area contributed by atoms with E-state index < -0.39 is 0 Å². The standard InChI is InChI=1S/C19H16N4/c1-3-6-17(20-2)19-13-18(22-14-9-11-21-12-10-14)15-7-4-5-8-16(15)23-19/h3-13H,1-2H2,(H,21,22,23)/b17-6-. The SMILES string of the molecule is C=C/C=C(\N=C)c1cc(Nc2ccncc2)c2ccccc2n1. The van der Waals surface area contributed by atoms with Crippen LogP contribution in [0.25, 0.3) is 16.6 Å². The first kappa shape index (κ1) is 14.7. The molecule has 0 aliphatic rings. The van der Waals surface area contributed by atoms with Crippen molar-refractivity contribution in [2.75, 3.05) is 5.32 Å². The van der Waals surface area contributed by atoms with Crippen LogP contribution in [0, 0.1) is 0 Å².